The van der Waals surface area contributed by atoms with Crippen LogP contribution in [0, 0.1) is 11.8 Å². The fourth-order valence-corrected chi connectivity index (χ4v) is 5.48. The van der Waals surface area contributed by atoms with Gasteiger partial charge in [-0.05, 0) is 24.1 Å². The summed E-state index contributed by atoms with van der Waals surface area (Å²) < 4.78 is 1.77. The van der Waals surface area contributed by atoms with Crippen molar-refractivity contribution in [3.05, 3.63) is 76.9 Å². The van der Waals surface area contributed by atoms with Crippen molar-refractivity contribution in [1.29, 1.82) is 0 Å². The first-order valence-electron chi connectivity index (χ1n) is 11.6. The monoisotopic (exact) mass is 511 g/mol. The molecule has 2 aromatic carbocycles. The molecule has 2 aliphatic rings. The quantitative estimate of drug-likeness (QED) is 0.154. The molecule has 9 nitrogen and oxygen atoms in total. The zero-order chi connectivity index (χ0) is 25.8. The van der Waals surface area contributed by atoms with Crippen LogP contribution in [0.3, 0.4) is 0 Å². The molecule has 0 radical (unpaired) electrons. The Morgan fingerprint density at radius 3 is 2.64 bits per heavy atom. The van der Waals surface area contributed by atoms with Gasteiger partial charge in [-0.15, -0.1) is 0 Å². The second kappa shape index (κ2) is 11.3. The maximum atomic E-state index is 12.3. The number of benzene rings is 2. The van der Waals surface area contributed by atoms with Crippen molar-refractivity contribution in [2.45, 2.75) is 37.5 Å². The largest absolute Gasteiger partial charge is 0.393 e. The van der Waals surface area contributed by atoms with Crippen LogP contribution in [0.15, 0.2) is 70.2 Å². The Morgan fingerprint density at radius 2 is 2.00 bits per heavy atom. The number of amides is 1. The van der Waals surface area contributed by atoms with Gasteiger partial charge in [-0.1, -0.05) is 49.4 Å². The number of fused-ring (bicyclic) bond motifs is 1. The lowest BCUT2D eigenvalue weighted by atomic mass is 9.76. The van der Waals surface area contributed by atoms with Gasteiger partial charge in [0.2, 0.25) is 5.91 Å². The summed E-state index contributed by atoms with van der Waals surface area (Å²) in [7, 11) is 1.25. The Kier molecular flexibility index (Phi) is 8.10. The number of rotatable bonds is 9. The normalized spacial score (nSPS) is 21.0. The minimum atomic E-state index is -0.825. The van der Waals surface area contributed by atoms with E-state index in [1.807, 2.05) is 55.5 Å². The number of β-lactam (4-membered cyclic amide) rings is 1. The van der Waals surface area contributed by atoms with Crippen LogP contribution >= 0.6 is 11.9 Å². The molecule has 1 saturated heterocycles. The Hall–Kier alpha value is -3.18. The van der Waals surface area contributed by atoms with Gasteiger partial charge >= 0.3 is 5.97 Å². The standard InChI is InChI=1S/C26H29N3O6S/c1-15(24-23(16(2)31)26(33)27-24)19(12-22(32)35-34-3)13-29-28-25(18-7-5-4-6-8-18)20-10-9-17(14-30)11-21(20)36-29/h4-12,15-16,23-24,30-31H,13-14H2,1-3H3,(H,27,33)/b19-12+. The molecule has 0 saturated carbocycles. The smallest absolute Gasteiger partial charge is 0.365 e. The third-order valence-corrected chi connectivity index (χ3v) is 7.33. The van der Waals surface area contributed by atoms with Gasteiger partial charge in [-0.3, -0.25) is 9.68 Å². The minimum absolute atomic E-state index is 0.0845. The Morgan fingerprint density at radius 1 is 1.25 bits per heavy atom. The van der Waals surface area contributed by atoms with Crippen molar-refractivity contribution < 1.29 is 29.6 Å². The number of nitrogens with one attached hydrogen (secondary N) is 1. The molecule has 2 heterocycles. The molecule has 36 heavy (non-hydrogen) atoms. The Balaban J connectivity index is 1.69. The minimum Gasteiger partial charge on any atom is -0.393 e. The summed E-state index contributed by atoms with van der Waals surface area (Å²) in [6.45, 7) is 3.62. The molecule has 2 aromatic rings. The van der Waals surface area contributed by atoms with E-state index in [-0.39, 0.29) is 31.0 Å². The maximum Gasteiger partial charge on any atom is 0.365 e. The van der Waals surface area contributed by atoms with Crippen molar-refractivity contribution >= 4 is 29.5 Å². The molecule has 4 unspecified atom stereocenters. The molecule has 3 N–H and O–H groups in total. The first-order valence-corrected chi connectivity index (χ1v) is 12.4. The fourth-order valence-electron chi connectivity index (χ4n) is 4.45. The summed E-state index contributed by atoms with van der Waals surface area (Å²) in [6.07, 6.45) is 0.518. The maximum absolute atomic E-state index is 12.3. The summed E-state index contributed by atoms with van der Waals surface area (Å²) in [5.41, 5.74) is 4.06. The summed E-state index contributed by atoms with van der Waals surface area (Å²) in [5, 5.41) is 27.5. The SMILES string of the molecule is COOC(=O)/C=C(\CN1N=C(c2ccccc2)c2ccc(CO)cc2S1)C(C)C1NC(=O)C1C(C)O. The van der Waals surface area contributed by atoms with Crippen LogP contribution in [0.1, 0.15) is 30.5 Å². The molecule has 10 heteroatoms. The predicted molar refractivity (Wildman–Crippen MR) is 134 cm³/mol. The highest BCUT2D eigenvalue weighted by molar-refractivity contribution is 7.97. The van der Waals surface area contributed by atoms with E-state index in [9.17, 15) is 19.8 Å². The van der Waals surface area contributed by atoms with Crippen LogP contribution in [0.5, 0.6) is 0 Å². The van der Waals surface area contributed by atoms with Gasteiger partial charge in [0.25, 0.3) is 0 Å². The first-order chi connectivity index (χ1) is 17.3. The lowest BCUT2D eigenvalue weighted by molar-refractivity contribution is -0.249. The van der Waals surface area contributed by atoms with E-state index in [1.54, 1.807) is 11.3 Å². The van der Waals surface area contributed by atoms with Crippen LogP contribution in [-0.4, -0.2) is 58.0 Å². The Labute approximate surface area is 213 Å². The number of nitrogens with zero attached hydrogens (tertiary/aromatic N) is 2. The molecule has 4 rings (SSSR count). The summed E-state index contributed by atoms with van der Waals surface area (Å²) in [5.74, 6) is -1.78. The van der Waals surface area contributed by atoms with Gasteiger partial charge in [-0.2, -0.15) is 9.99 Å². The molecule has 1 fully saturated rings. The zero-order valence-corrected chi connectivity index (χ0v) is 21.1. The van der Waals surface area contributed by atoms with Gasteiger partial charge in [0.05, 0.1) is 38.0 Å². The zero-order valence-electron chi connectivity index (χ0n) is 20.2. The number of carbonyl (C=O) groups is 2. The average molecular weight is 512 g/mol. The second-order valence-electron chi connectivity index (χ2n) is 8.78. The van der Waals surface area contributed by atoms with Crippen LogP contribution in [0.4, 0.5) is 0 Å². The molecule has 2 aliphatic heterocycles. The van der Waals surface area contributed by atoms with Crippen LogP contribution in [0.2, 0.25) is 0 Å². The molecule has 4 atom stereocenters. The van der Waals surface area contributed by atoms with Crippen molar-refractivity contribution in [3.63, 3.8) is 0 Å². The summed E-state index contributed by atoms with van der Waals surface area (Å²) in [4.78, 5) is 34.5. The van der Waals surface area contributed by atoms with E-state index in [4.69, 9.17) is 5.10 Å². The molecule has 190 valence electrons. The number of hydrazone groups is 1. The van der Waals surface area contributed by atoms with E-state index in [2.05, 4.69) is 15.1 Å². The predicted octanol–water partition coefficient (Wildman–Crippen LogP) is 2.42. The summed E-state index contributed by atoms with van der Waals surface area (Å²) in [6, 6.07) is 15.2. The Bertz CT molecular complexity index is 1180. The number of hydrogen-bond acceptors (Lipinski definition) is 9. The molecule has 0 bridgehead atoms. The number of carbonyl (C=O) groups excluding carboxylic acids is 2. The number of aliphatic hydroxyl groups excluding tert-OH is 2. The highest BCUT2D eigenvalue weighted by atomic mass is 32.2. The van der Waals surface area contributed by atoms with Crippen molar-refractivity contribution in [1.82, 2.24) is 9.73 Å². The summed E-state index contributed by atoms with van der Waals surface area (Å²) >= 11 is 1.39. The topological polar surface area (TPSA) is 121 Å². The van der Waals surface area contributed by atoms with E-state index in [0.29, 0.717) is 5.57 Å². The number of aliphatic hydroxyl groups is 2. The molecule has 0 aliphatic carbocycles. The van der Waals surface area contributed by atoms with Crippen molar-refractivity contribution in [2.24, 2.45) is 16.9 Å². The third kappa shape index (κ3) is 5.46. The van der Waals surface area contributed by atoms with Gasteiger partial charge in [-0.25, -0.2) is 9.21 Å². The average Bonchev–Trinajstić information content (AvgIpc) is 2.85. The number of hydrogen-bond donors (Lipinski definition) is 3. The van der Waals surface area contributed by atoms with E-state index in [1.165, 1.54) is 25.1 Å². The first kappa shape index (κ1) is 25.9. The van der Waals surface area contributed by atoms with Crippen molar-refractivity contribution in [2.75, 3.05) is 13.7 Å². The lowest BCUT2D eigenvalue weighted by Gasteiger charge is -2.43. The molecular weight excluding hydrogens is 482 g/mol. The van der Waals surface area contributed by atoms with Crippen molar-refractivity contribution in [3.8, 4) is 0 Å². The van der Waals surface area contributed by atoms with E-state index < -0.39 is 18.0 Å². The van der Waals surface area contributed by atoms with E-state index >= 15 is 0 Å². The van der Waals surface area contributed by atoms with Gasteiger partial charge < -0.3 is 15.5 Å². The molecular formula is C26H29N3O6S. The molecule has 0 spiro atoms. The van der Waals surface area contributed by atoms with Crippen LogP contribution in [-0.2, 0) is 26.0 Å². The lowest BCUT2D eigenvalue weighted by Crippen LogP contribution is -2.64. The van der Waals surface area contributed by atoms with Gasteiger partial charge in [0.15, 0.2) is 0 Å². The third-order valence-electron chi connectivity index (χ3n) is 6.37. The molecule has 0 aromatic heterocycles. The van der Waals surface area contributed by atoms with E-state index in [0.717, 1.165) is 27.3 Å². The van der Waals surface area contributed by atoms with Gasteiger partial charge in [0, 0.05) is 46.0 Å². The van der Waals surface area contributed by atoms with Gasteiger partial charge in [0.1, 0.15) is 0 Å². The molecule has 1 amide bonds. The highest BCUT2D eigenvalue weighted by Crippen LogP contribution is 2.37. The van der Waals surface area contributed by atoms with Crippen LogP contribution < -0.4 is 5.32 Å². The van der Waals surface area contributed by atoms with Crippen LogP contribution in [0.25, 0.3) is 0 Å². The fraction of sp³-hybridized carbons (Fsp3) is 0.346. The highest BCUT2D eigenvalue weighted by Gasteiger charge is 2.46. The second-order valence-corrected chi connectivity index (χ2v) is 9.83.